The van der Waals surface area contributed by atoms with Crippen LogP contribution in [0.2, 0.25) is 0 Å². The van der Waals surface area contributed by atoms with Gasteiger partial charge in [0.15, 0.2) is 0 Å². The summed E-state index contributed by atoms with van der Waals surface area (Å²) in [7, 11) is 0. The minimum absolute atomic E-state index is 0.170. The molecule has 3 rings (SSSR count). The average Bonchev–Trinajstić information content (AvgIpc) is 3.05. The highest BCUT2D eigenvalue weighted by Gasteiger charge is 2.39. The van der Waals surface area contributed by atoms with E-state index in [0.29, 0.717) is 24.4 Å². The predicted octanol–water partition coefficient (Wildman–Crippen LogP) is 2.11. The van der Waals surface area contributed by atoms with E-state index in [9.17, 15) is 9.59 Å². The van der Waals surface area contributed by atoms with Crippen molar-refractivity contribution in [1.29, 1.82) is 0 Å². The number of morpholine rings is 1. The van der Waals surface area contributed by atoms with Crippen LogP contribution in [0.3, 0.4) is 0 Å². The lowest BCUT2D eigenvalue weighted by Gasteiger charge is -2.45. The Kier molecular flexibility index (Phi) is 4.15. The average molecular weight is 327 g/mol. The Balaban J connectivity index is 1.85. The maximum Gasteiger partial charge on any atom is 0.270 e. The molecule has 1 saturated heterocycles. The fraction of sp³-hybridized carbons (Fsp3) is 0.333. The quantitative estimate of drug-likeness (QED) is 0.905. The van der Waals surface area contributed by atoms with Gasteiger partial charge in [0.25, 0.3) is 5.91 Å². The van der Waals surface area contributed by atoms with E-state index < -0.39 is 11.4 Å². The Morgan fingerprint density at radius 1 is 1.29 bits per heavy atom. The minimum atomic E-state index is -0.561. The topological polar surface area (TPSA) is 88.4 Å². The van der Waals surface area contributed by atoms with E-state index in [4.69, 9.17) is 10.5 Å². The summed E-state index contributed by atoms with van der Waals surface area (Å²) in [4.78, 5) is 28.8. The summed E-state index contributed by atoms with van der Waals surface area (Å²) >= 11 is 0. The van der Waals surface area contributed by atoms with Crippen LogP contribution in [0, 0.1) is 0 Å². The van der Waals surface area contributed by atoms with Gasteiger partial charge in [0.2, 0.25) is 5.91 Å². The van der Waals surface area contributed by atoms with Gasteiger partial charge in [-0.15, -0.1) is 0 Å². The molecule has 1 aliphatic heterocycles. The third-order valence-electron chi connectivity index (χ3n) is 4.33. The van der Waals surface area contributed by atoms with Crippen molar-refractivity contribution in [2.75, 3.05) is 13.2 Å². The molecule has 0 radical (unpaired) electrons. The number of hydrogen-bond acceptors (Lipinski definition) is 3. The van der Waals surface area contributed by atoms with Crippen molar-refractivity contribution >= 4 is 11.8 Å². The molecule has 126 valence electrons. The molecule has 1 aromatic carbocycles. The zero-order valence-electron chi connectivity index (χ0n) is 13.8. The molecule has 6 nitrogen and oxygen atoms in total. The molecule has 2 amide bonds. The molecule has 0 aliphatic carbocycles. The fourth-order valence-electron chi connectivity index (χ4n) is 2.88. The molecule has 3 N–H and O–H groups in total. The van der Waals surface area contributed by atoms with E-state index in [1.54, 1.807) is 4.90 Å². The number of aromatic nitrogens is 1. The zero-order chi connectivity index (χ0) is 17.3. The van der Waals surface area contributed by atoms with Crippen LogP contribution in [0.4, 0.5) is 0 Å². The number of carbonyl (C=O) groups is 2. The van der Waals surface area contributed by atoms with Crippen LogP contribution >= 0.6 is 0 Å². The zero-order valence-corrected chi connectivity index (χ0v) is 13.8. The molecule has 0 saturated carbocycles. The summed E-state index contributed by atoms with van der Waals surface area (Å²) < 4.78 is 5.96. The lowest BCUT2D eigenvalue weighted by molar-refractivity contribution is -0.0848. The highest BCUT2D eigenvalue weighted by molar-refractivity contribution is 5.98. The number of primary amides is 1. The van der Waals surface area contributed by atoms with Gasteiger partial charge < -0.3 is 20.4 Å². The standard InChI is InChI=1S/C18H21N3O3/c1-18(2)11-24-15(12-6-4-3-5-7-12)10-21(18)17(23)14-8-13(9-20-14)16(19)22/h3-9,15,20H,10-11H2,1-2H3,(H2,19,22)/t15-/m1/s1. The summed E-state index contributed by atoms with van der Waals surface area (Å²) in [6, 6.07) is 11.3. The number of aromatic amines is 1. The Hall–Kier alpha value is -2.60. The molecule has 0 spiro atoms. The Labute approximate surface area is 140 Å². The second-order valence-corrected chi connectivity index (χ2v) is 6.60. The first-order valence-electron chi connectivity index (χ1n) is 7.85. The number of nitrogens with zero attached hydrogens (tertiary/aromatic N) is 1. The van der Waals surface area contributed by atoms with Gasteiger partial charge in [-0.3, -0.25) is 9.59 Å². The van der Waals surface area contributed by atoms with Crippen LogP contribution in [-0.2, 0) is 4.74 Å². The fourth-order valence-corrected chi connectivity index (χ4v) is 2.88. The van der Waals surface area contributed by atoms with E-state index in [1.165, 1.54) is 12.3 Å². The summed E-state index contributed by atoms with van der Waals surface area (Å²) in [6.07, 6.45) is 1.28. The van der Waals surface area contributed by atoms with E-state index in [2.05, 4.69) is 4.98 Å². The number of ether oxygens (including phenoxy) is 1. The van der Waals surface area contributed by atoms with Gasteiger partial charge in [0.1, 0.15) is 11.8 Å². The highest BCUT2D eigenvalue weighted by atomic mass is 16.5. The molecule has 6 heteroatoms. The Morgan fingerprint density at radius 2 is 2.00 bits per heavy atom. The van der Waals surface area contributed by atoms with Crippen LogP contribution in [0.25, 0.3) is 0 Å². The Bertz CT molecular complexity index is 752. The van der Waals surface area contributed by atoms with Gasteiger partial charge in [-0.2, -0.15) is 0 Å². The van der Waals surface area contributed by atoms with Gasteiger partial charge in [0, 0.05) is 6.20 Å². The summed E-state index contributed by atoms with van der Waals surface area (Å²) in [6.45, 7) is 4.80. The number of amides is 2. The first-order chi connectivity index (χ1) is 11.4. The van der Waals surface area contributed by atoms with Crippen LogP contribution in [0.15, 0.2) is 42.6 Å². The van der Waals surface area contributed by atoms with Gasteiger partial charge in [0.05, 0.1) is 24.3 Å². The number of H-pyrrole nitrogens is 1. The summed E-state index contributed by atoms with van der Waals surface area (Å²) in [5.74, 6) is -0.731. The van der Waals surface area contributed by atoms with Gasteiger partial charge in [-0.25, -0.2) is 0 Å². The maximum atomic E-state index is 12.9. The summed E-state index contributed by atoms with van der Waals surface area (Å²) in [5.41, 5.74) is 6.49. The molecule has 2 heterocycles. The lowest BCUT2D eigenvalue weighted by Crippen LogP contribution is -2.56. The second kappa shape index (κ2) is 6.13. The van der Waals surface area contributed by atoms with Crippen LogP contribution < -0.4 is 5.73 Å². The SMILES string of the molecule is CC1(C)CO[C@@H](c2ccccc2)CN1C(=O)c1cc(C(N)=O)c[nH]1. The number of hydrogen-bond donors (Lipinski definition) is 2. The predicted molar refractivity (Wildman–Crippen MR) is 89.6 cm³/mol. The van der Waals surface area contributed by atoms with Crippen molar-refractivity contribution in [3.8, 4) is 0 Å². The third-order valence-corrected chi connectivity index (χ3v) is 4.33. The molecule has 1 aromatic heterocycles. The molecular weight excluding hydrogens is 306 g/mol. The van der Waals surface area contributed by atoms with E-state index in [0.717, 1.165) is 5.56 Å². The minimum Gasteiger partial charge on any atom is -0.369 e. The van der Waals surface area contributed by atoms with E-state index in [1.807, 2.05) is 44.2 Å². The maximum absolute atomic E-state index is 12.9. The second-order valence-electron chi connectivity index (χ2n) is 6.60. The van der Waals surface area contributed by atoms with Gasteiger partial charge >= 0.3 is 0 Å². The molecule has 0 unspecified atom stereocenters. The Morgan fingerprint density at radius 3 is 2.62 bits per heavy atom. The van der Waals surface area contributed by atoms with Crippen LogP contribution in [0.5, 0.6) is 0 Å². The normalized spacial score (nSPS) is 19.9. The first kappa shape index (κ1) is 16.3. The van der Waals surface area contributed by atoms with Crippen molar-refractivity contribution < 1.29 is 14.3 Å². The molecule has 1 atom stereocenters. The van der Waals surface area contributed by atoms with Crippen LogP contribution in [0.1, 0.15) is 46.4 Å². The number of rotatable bonds is 3. The lowest BCUT2D eigenvalue weighted by atomic mass is 9.97. The number of carbonyl (C=O) groups excluding carboxylic acids is 2. The monoisotopic (exact) mass is 327 g/mol. The van der Waals surface area contributed by atoms with E-state index in [-0.39, 0.29) is 12.0 Å². The van der Waals surface area contributed by atoms with Crippen molar-refractivity contribution in [3.63, 3.8) is 0 Å². The molecule has 1 aliphatic rings. The summed E-state index contributed by atoms with van der Waals surface area (Å²) in [5, 5.41) is 0. The van der Waals surface area contributed by atoms with Crippen LogP contribution in [-0.4, -0.2) is 40.4 Å². The highest BCUT2D eigenvalue weighted by Crippen LogP contribution is 2.31. The first-order valence-corrected chi connectivity index (χ1v) is 7.85. The van der Waals surface area contributed by atoms with Gasteiger partial charge in [-0.1, -0.05) is 30.3 Å². The van der Waals surface area contributed by atoms with Crippen molar-refractivity contribution in [2.45, 2.75) is 25.5 Å². The number of nitrogens with one attached hydrogen (secondary N) is 1. The molecule has 0 bridgehead atoms. The van der Waals surface area contributed by atoms with Crippen molar-refractivity contribution in [1.82, 2.24) is 9.88 Å². The molecule has 24 heavy (non-hydrogen) atoms. The number of benzene rings is 1. The third kappa shape index (κ3) is 3.05. The number of nitrogens with two attached hydrogens (primary N) is 1. The molecule has 1 fully saturated rings. The van der Waals surface area contributed by atoms with E-state index >= 15 is 0 Å². The molecule has 2 aromatic rings. The smallest absolute Gasteiger partial charge is 0.270 e. The van der Waals surface area contributed by atoms with Crippen molar-refractivity contribution in [3.05, 3.63) is 59.4 Å². The largest absolute Gasteiger partial charge is 0.369 e. The van der Waals surface area contributed by atoms with Crippen molar-refractivity contribution in [2.24, 2.45) is 5.73 Å². The molecular formula is C18H21N3O3. The van der Waals surface area contributed by atoms with Gasteiger partial charge in [-0.05, 0) is 25.5 Å².